The van der Waals surface area contributed by atoms with Crippen LogP contribution in [-0.2, 0) is 0 Å². The quantitative estimate of drug-likeness (QED) is 0.706. The molecule has 0 aliphatic rings. The summed E-state index contributed by atoms with van der Waals surface area (Å²) in [6, 6.07) is 3.84. The fourth-order valence-electron chi connectivity index (χ4n) is 1.25. The lowest BCUT2D eigenvalue weighted by molar-refractivity contribution is 0.733. The van der Waals surface area contributed by atoms with E-state index in [0.717, 1.165) is 11.2 Å². The molecule has 0 spiro atoms. The molecule has 2 heterocycles. The molecule has 13 heavy (non-hydrogen) atoms. The van der Waals surface area contributed by atoms with Gasteiger partial charge in [0, 0.05) is 6.20 Å². The molecular formula is C9H12N4. The van der Waals surface area contributed by atoms with Crippen molar-refractivity contribution in [3.05, 3.63) is 29.7 Å². The van der Waals surface area contributed by atoms with Gasteiger partial charge in [0.25, 0.3) is 0 Å². The Bertz CT molecular complexity index is 430. The predicted octanol–water partition coefficient (Wildman–Crippen LogP) is 1.06. The number of rotatable bonds is 1. The molecular weight excluding hydrogens is 164 g/mol. The Labute approximate surface area is 76.4 Å². The topological polar surface area (TPSA) is 56.2 Å². The first-order valence-corrected chi connectivity index (χ1v) is 4.26. The highest BCUT2D eigenvalue weighted by Gasteiger charge is 2.08. The summed E-state index contributed by atoms with van der Waals surface area (Å²) in [5.41, 5.74) is 7.69. The molecule has 0 radical (unpaired) electrons. The van der Waals surface area contributed by atoms with Crippen molar-refractivity contribution < 1.29 is 0 Å². The van der Waals surface area contributed by atoms with Crippen molar-refractivity contribution >= 4 is 5.65 Å². The number of aryl methyl sites for hydroxylation is 1. The highest BCUT2D eigenvalue weighted by atomic mass is 15.3. The number of nitrogens with zero attached hydrogens (tertiary/aromatic N) is 3. The summed E-state index contributed by atoms with van der Waals surface area (Å²) >= 11 is 0. The van der Waals surface area contributed by atoms with Crippen molar-refractivity contribution in [1.29, 1.82) is 0 Å². The van der Waals surface area contributed by atoms with Crippen LogP contribution in [0.5, 0.6) is 0 Å². The van der Waals surface area contributed by atoms with Gasteiger partial charge in [0.2, 0.25) is 0 Å². The molecule has 2 aromatic rings. The predicted molar refractivity (Wildman–Crippen MR) is 50.3 cm³/mol. The zero-order valence-electron chi connectivity index (χ0n) is 7.73. The van der Waals surface area contributed by atoms with E-state index in [1.54, 1.807) is 4.52 Å². The fraction of sp³-hybridized carbons (Fsp3) is 0.333. The molecule has 0 aliphatic carbocycles. The second-order valence-electron chi connectivity index (χ2n) is 3.22. The molecule has 0 saturated carbocycles. The first-order valence-electron chi connectivity index (χ1n) is 4.26. The average Bonchev–Trinajstić information content (AvgIpc) is 2.49. The fourth-order valence-corrected chi connectivity index (χ4v) is 1.25. The van der Waals surface area contributed by atoms with Crippen LogP contribution in [0.25, 0.3) is 5.65 Å². The summed E-state index contributed by atoms with van der Waals surface area (Å²) in [7, 11) is 0. The van der Waals surface area contributed by atoms with Crippen molar-refractivity contribution in [3.8, 4) is 0 Å². The molecule has 4 nitrogen and oxygen atoms in total. The molecule has 2 aromatic heterocycles. The van der Waals surface area contributed by atoms with Crippen LogP contribution in [0.15, 0.2) is 18.3 Å². The van der Waals surface area contributed by atoms with E-state index in [1.165, 1.54) is 0 Å². The Morgan fingerprint density at radius 3 is 2.92 bits per heavy atom. The highest BCUT2D eigenvalue weighted by Crippen LogP contribution is 2.10. The molecule has 2 N–H and O–H groups in total. The largest absolute Gasteiger partial charge is 0.321 e. The molecule has 0 bridgehead atoms. The van der Waals surface area contributed by atoms with Crippen LogP contribution in [0.4, 0.5) is 0 Å². The summed E-state index contributed by atoms with van der Waals surface area (Å²) in [6.07, 6.45) is 1.88. The molecule has 4 heteroatoms. The van der Waals surface area contributed by atoms with Crippen molar-refractivity contribution in [2.24, 2.45) is 5.73 Å². The van der Waals surface area contributed by atoms with Gasteiger partial charge in [-0.15, -0.1) is 5.10 Å². The van der Waals surface area contributed by atoms with Gasteiger partial charge in [-0.3, -0.25) is 0 Å². The van der Waals surface area contributed by atoms with E-state index in [9.17, 15) is 0 Å². The maximum atomic E-state index is 5.69. The minimum atomic E-state index is -0.112. The zero-order valence-corrected chi connectivity index (χ0v) is 7.73. The van der Waals surface area contributed by atoms with Crippen molar-refractivity contribution in [2.45, 2.75) is 19.9 Å². The van der Waals surface area contributed by atoms with E-state index in [0.29, 0.717) is 5.82 Å². The van der Waals surface area contributed by atoms with Gasteiger partial charge in [-0.25, -0.2) is 9.50 Å². The summed E-state index contributed by atoms with van der Waals surface area (Å²) in [5, 5.41) is 4.25. The normalized spacial score (nSPS) is 13.5. The maximum absolute atomic E-state index is 5.69. The Morgan fingerprint density at radius 2 is 2.31 bits per heavy atom. The van der Waals surface area contributed by atoms with Crippen LogP contribution in [0.2, 0.25) is 0 Å². The van der Waals surface area contributed by atoms with Crippen LogP contribution >= 0.6 is 0 Å². The molecule has 2 rings (SSSR count). The van der Waals surface area contributed by atoms with Gasteiger partial charge in [-0.2, -0.15) is 0 Å². The third kappa shape index (κ3) is 1.29. The summed E-state index contributed by atoms with van der Waals surface area (Å²) in [5.74, 6) is 0.689. The summed E-state index contributed by atoms with van der Waals surface area (Å²) < 4.78 is 1.76. The Balaban J connectivity index is 2.68. The van der Waals surface area contributed by atoms with Crippen LogP contribution < -0.4 is 5.73 Å². The average molecular weight is 176 g/mol. The second-order valence-corrected chi connectivity index (χ2v) is 3.22. The smallest absolute Gasteiger partial charge is 0.168 e. The van der Waals surface area contributed by atoms with Gasteiger partial charge >= 0.3 is 0 Å². The summed E-state index contributed by atoms with van der Waals surface area (Å²) in [6.45, 7) is 3.89. The first-order chi connectivity index (χ1) is 6.18. The molecule has 0 amide bonds. The van der Waals surface area contributed by atoms with Gasteiger partial charge in [0.1, 0.15) is 0 Å². The van der Waals surface area contributed by atoms with Crippen LogP contribution in [0.1, 0.15) is 24.4 Å². The molecule has 0 fully saturated rings. The molecule has 68 valence electrons. The highest BCUT2D eigenvalue weighted by molar-refractivity contribution is 5.45. The van der Waals surface area contributed by atoms with Crippen LogP contribution in [-0.4, -0.2) is 14.6 Å². The van der Waals surface area contributed by atoms with Crippen molar-refractivity contribution in [2.75, 3.05) is 0 Å². The Hall–Kier alpha value is -1.42. The maximum Gasteiger partial charge on any atom is 0.168 e. The SMILES string of the molecule is Cc1cccn2nc(C(C)N)nc12. The van der Waals surface area contributed by atoms with E-state index in [-0.39, 0.29) is 6.04 Å². The van der Waals surface area contributed by atoms with Crippen molar-refractivity contribution in [3.63, 3.8) is 0 Å². The molecule has 0 aromatic carbocycles. The monoisotopic (exact) mass is 176 g/mol. The first kappa shape index (κ1) is 8.19. The lowest BCUT2D eigenvalue weighted by Gasteiger charge is -1.93. The third-order valence-electron chi connectivity index (χ3n) is 1.98. The minimum Gasteiger partial charge on any atom is -0.321 e. The van der Waals surface area contributed by atoms with Gasteiger partial charge in [-0.1, -0.05) is 6.07 Å². The Kier molecular flexibility index (Phi) is 1.77. The van der Waals surface area contributed by atoms with Gasteiger partial charge in [0.05, 0.1) is 6.04 Å². The molecule has 0 saturated heterocycles. The third-order valence-corrected chi connectivity index (χ3v) is 1.98. The zero-order chi connectivity index (χ0) is 9.42. The minimum absolute atomic E-state index is 0.112. The summed E-state index contributed by atoms with van der Waals surface area (Å²) in [4.78, 5) is 4.34. The van der Waals surface area contributed by atoms with E-state index in [1.807, 2.05) is 32.2 Å². The second kappa shape index (κ2) is 2.81. The van der Waals surface area contributed by atoms with E-state index in [4.69, 9.17) is 5.73 Å². The molecule has 1 atom stereocenters. The lowest BCUT2D eigenvalue weighted by atomic mass is 10.3. The number of pyridine rings is 1. The number of aromatic nitrogens is 3. The van der Waals surface area contributed by atoms with Crippen molar-refractivity contribution in [1.82, 2.24) is 14.6 Å². The van der Waals surface area contributed by atoms with E-state index < -0.39 is 0 Å². The van der Waals surface area contributed by atoms with Gasteiger partial charge in [-0.05, 0) is 25.5 Å². The van der Waals surface area contributed by atoms with Gasteiger partial charge < -0.3 is 5.73 Å². The van der Waals surface area contributed by atoms with Crippen LogP contribution in [0, 0.1) is 6.92 Å². The number of hydrogen-bond donors (Lipinski definition) is 1. The molecule has 0 aliphatic heterocycles. The number of hydrogen-bond acceptors (Lipinski definition) is 3. The number of nitrogens with two attached hydrogens (primary N) is 1. The van der Waals surface area contributed by atoms with E-state index in [2.05, 4.69) is 10.1 Å². The molecule has 1 unspecified atom stereocenters. The number of fused-ring (bicyclic) bond motifs is 1. The van der Waals surface area contributed by atoms with E-state index >= 15 is 0 Å². The Morgan fingerprint density at radius 1 is 1.54 bits per heavy atom. The van der Waals surface area contributed by atoms with Gasteiger partial charge in [0.15, 0.2) is 11.5 Å². The lowest BCUT2D eigenvalue weighted by Crippen LogP contribution is -2.06. The van der Waals surface area contributed by atoms with Crippen LogP contribution in [0.3, 0.4) is 0 Å². The standard InChI is InChI=1S/C9H12N4/c1-6-4-3-5-13-9(6)11-8(12-13)7(2)10/h3-5,7H,10H2,1-2H3.